The summed E-state index contributed by atoms with van der Waals surface area (Å²) >= 11 is 1.56. The van der Waals surface area contributed by atoms with Crippen LogP contribution in [0.25, 0.3) is 0 Å². The Kier molecular flexibility index (Phi) is 4.46. The maximum Gasteiger partial charge on any atom is 0.290 e. The van der Waals surface area contributed by atoms with E-state index in [1.165, 1.54) is 6.07 Å². The third-order valence-electron chi connectivity index (χ3n) is 2.58. The van der Waals surface area contributed by atoms with E-state index in [1.807, 2.05) is 12.3 Å². The lowest BCUT2D eigenvalue weighted by Gasteiger charge is -2.07. The fraction of sp³-hybridized carbons (Fsp3) is 0.333. The molecule has 0 amide bonds. The summed E-state index contributed by atoms with van der Waals surface area (Å²) in [5.74, 6) is 0.630. The highest BCUT2D eigenvalue weighted by Crippen LogP contribution is 2.17. The molecule has 0 aromatic carbocycles. The van der Waals surface area contributed by atoms with Crippen LogP contribution in [0.15, 0.2) is 17.5 Å². The van der Waals surface area contributed by atoms with Gasteiger partial charge in [0.2, 0.25) is 0 Å². The van der Waals surface area contributed by atoms with Gasteiger partial charge in [0.1, 0.15) is 11.5 Å². The van der Waals surface area contributed by atoms with Gasteiger partial charge in [-0.25, -0.2) is 9.97 Å². The minimum atomic E-state index is -0.432. The molecule has 2 heterocycles. The van der Waals surface area contributed by atoms with Gasteiger partial charge in [0.05, 0.1) is 10.6 Å². The Hall–Kier alpha value is -2.22. The van der Waals surface area contributed by atoms with Gasteiger partial charge in [-0.2, -0.15) is 0 Å². The molecule has 0 saturated heterocycles. The lowest BCUT2D eigenvalue weighted by Crippen LogP contribution is -2.14. The summed E-state index contributed by atoms with van der Waals surface area (Å²) in [6.07, 6.45) is 0. The normalized spacial score (nSPS) is 10.3. The molecule has 0 fully saturated rings. The van der Waals surface area contributed by atoms with Gasteiger partial charge < -0.3 is 10.6 Å². The van der Waals surface area contributed by atoms with Crippen molar-refractivity contribution in [2.75, 3.05) is 23.7 Å². The number of aromatic nitrogens is 2. The number of nitrogens with one attached hydrogen (secondary N) is 2. The first-order chi connectivity index (χ1) is 9.56. The van der Waals surface area contributed by atoms with E-state index in [2.05, 4.69) is 20.6 Å². The Morgan fingerprint density at radius 2 is 2.00 bits per heavy atom. The van der Waals surface area contributed by atoms with E-state index in [0.29, 0.717) is 24.6 Å². The van der Waals surface area contributed by atoms with E-state index in [4.69, 9.17) is 0 Å². The van der Waals surface area contributed by atoms with Gasteiger partial charge in [-0.15, -0.1) is 11.3 Å². The summed E-state index contributed by atoms with van der Waals surface area (Å²) in [5, 5.41) is 19.8. The average Bonchev–Trinajstić information content (AvgIpc) is 2.80. The van der Waals surface area contributed by atoms with Crippen LogP contribution in [0, 0.1) is 24.0 Å². The zero-order chi connectivity index (χ0) is 14.5. The summed E-state index contributed by atoms with van der Waals surface area (Å²) < 4.78 is 0. The SMILES string of the molecule is Cc1csc(NCCNc2ccc([N+](=O)[O-])c(C)n2)n1. The smallest absolute Gasteiger partial charge is 0.290 e. The molecule has 0 aliphatic carbocycles. The van der Waals surface area contributed by atoms with E-state index in [9.17, 15) is 10.1 Å². The van der Waals surface area contributed by atoms with Crippen molar-refractivity contribution in [1.29, 1.82) is 0 Å². The monoisotopic (exact) mass is 293 g/mol. The first kappa shape index (κ1) is 14.2. The van der Waals surface area contributed by atoms with Gasteiger partial charge in [0.15, 0.2) is 5.13 Å². The van der Waals surface area contributed by atoms with Crippen LogP contribution in [-0.4, -0.2) is 28.0 Å². The van der Waals surface area contributed by atoms with Crippen molar-refractivity contribution in [3.8, 4) is 0 Å². The number of aryl methyl sites for hydroxylation is 2. The summed E-state index contributed by atoms with van der Waals surface area (Å²) in [4.78, 5) is 18.7. The first-order valence-electron chi connectivity index (χ1n) is 6.08. The zero-order valence-electron chi connectivity index (χ0n) is 11.2. The van der Waals surface area contributed by atoms with Crippen molar-refractivity contribution >= 4 is 28.0 Å². The molecule has 2 aromatic rings. The number of thiazole rings is 1. The predicted molar refractivity (Wildman–Crippen MR) is 79.5 cm³/mol. The molecule has 0 bridgehead atoms. The van der Waals surface area contributed by atoms with Gasteiger partial charge in [-0.1, -0.05) is 0 Å². The number of rotatable bonds is 6. The van der Waals surface area contributed by atoms with E-state index in [0.717, 1.165) is 10.8 Å². The minimum absolute atomic E-state index is 0.0342. The molecule has 0 saturated carbocycles. The molecule has 20 heavy (non-hydrogen) atoms. The van der Waals surface area contributed by atoms with Crippen LogP contribution in [0.5, 0.6) is 0 Å². The molecule has 2 N–H and O–H groups in total. The van der Waals surface area contributed by atoms with Gasteiger partial charge >= 0.3 is 0 Å². The third-order valence-corrected chi connectivity index (χ3v) is 3.50. The number of hydrogen-bond donors (Lipinski definition) is 2. The summed E-state index contributed by atoms with van der Waals surface area (Å²) in [5.41, 5.74) is 1.44. The quantitative estimate of drug-likeness (QED) is 0.483. The third kappa shape index (κ3) is 3.64. The molecule has 2 rings (SSSR count). The van der Waals surface area contributed by atoms with Crippen LogP contribution in [0.4, 0.5) is 16.6 Å². The molecular weight excluding hydrogens is 278 g/mol. The van der Waals surface area contributed by atoms with Gasteiger partial charge in [0, 0.05) is 24.5 Å². The molecule has 2 aromatic heterocycles. The van der Waals surface area contributed by atoms with Crippen molar-refractivity contribution in [2.45, 2.75) is 13.8 Å². The first-order valence-corrected chi connectivity index (χ1v) is 6.96. The van der Waals surface area contributed by atoms with Crippen molar-refractivity contribution in [1.82, 2.24) is 9.97 Å². The zero-order valence-corrected chi connectivity index (χ0v) is 12.0. The van der Waals surface area contributed by atoms with Crippen molar-refractivity contribution < 1.29 is 4.92 Å². The lowest BCUT2D eigenvalue weighted by atomic mass is 10.3. The van der Waals surface area contributed by atoms with Crippen molar-refractivity contribution in [2.24, 2.45) is 0 Å². The van der Waals surface area contributed by atoms with E-state index >= 15 is 0 Å². The highest BCUT2D eigenvalue weighted by Gasteiger charge is 2.11. The second-order valence-corrected chi connectivity index (χ2v) is 5.06. The number of nitrogens with zero attached hydrogens (tertiary/aromatic N) is 3. The molecule has 0 unspecified atom stereocenters. The van der Waals surface area contributed by atoms with Gasteiger partial charge in [0.25, 0.3) is 5.69 Å². The van der Waals surface area contributed by atoms with E-state index < -0.39 is 4.92 Å². The maximum atomic E-state index is 10.7. The second-order valence-electron chi connectivity index (χ2n) is 4.21. The van der Waals surface area contributed by atoms with Crippen LogP contribution >= 0.6 is 11.3 Å². The Morgan fingerprint density at radius 1 is 1.25 bits per heavy atom. The molecule has 7 nitrogen and oxygen atoms in total. The van der Waals surface area contributed by atoms with Crippen molar-refractivity contribution in [3.05, 3.63) is 39.0 Å². The highest BCUT2D eigenvalue weighted by atomic mass is 32.1. The number of anilines is 2. The topological polar surface area (TPSA) is 93.0 Å². The Balaban J connectivity index is 1.82. The highest BCUT2D eigenvalue weighted by molar-refractivity contribution is 7.13. The van der Waals surface area contributed by atoms with Gasteiger partial charge in [-0.05, 0) is 19.9 Å². The van der Waals surface area contributed by atoms with Crippen LogP contribution < -0.4 is 10.6 Å². The van der Waals surface area contributed by atoms with Crippen LogP contribution in [-0.2, 0) is 0 Å². The molecule has 0 radical (unpaired) electrons. The number of hydrogen-bond acceptors (Lipinski definition) is 7. The van der Waals surface area contributed by atoms with Gasteiger partial charge in [-0.3, -0.25) is 10.1 Å². The lowest BCUT2D eigenvalue weighted by molar-refractivity contribution is -0.385. The molecule has 8 heteroatoms. The molecule has 0 aliphatic rings. The van der Waals surface area contributed by atoms with Crippen molar-refractivity contribution in [3.63, 3.8) is 0 Å². The maximum absolute atomic E-state index is 10.7. The molecule has 0 spiro atoms. The fourth-order valence-electron chi connectivity index (χ4n) is 1.64. The summed E-state index contributed by atoms with van der Waals surface area (Å²) in [6.45, 7) is 4.93. The molecule has 0 aliphatic heterocycles. The second kappa shape index (κ2) is 6.29. The van der Waals surface area contributed by atoms with E-state index in [-0.39, 0.29) is 5.69 Å². The Labute approximate surface area is 120 Å². The predicted octanol–water partition coefficient (Wildman–Crippen LogP) is 2.59. The van der Waals surface area contributed by atoms with Crippen LogP contribution in [0.2, 0.25) is 0 Å². The average molecular weight is 293 g/mol. The molecule has 0 atom stereocenters. The molecular formula is C12H15N5O2S. The number of nitro groups is 1. The Bertz CT molecular complexity index is 614. The molecule has 106 valence electrons. The minimum Gasteiger partial charge on any atom is -0.368 e. The summed E-state index contributed by atoms with van der Waals surface area (Å²) in [6, 6.07) is 3.07. The standard InChI is InChI=1S/C12H15N5O2S/c1-8-7-20-12(15-8)14-6-5-13-11-4-3-10(17(18)19)9(2)16-11/h3-4,7H,5-6H2,1-2H3,(H,13,16)(H,14,15). The summed E-state index contributed by atoms with van der Waals surface area (Å²) in [7, 11) is 0. The number of pyridine rings is 1. The fourth-order valence-corrected chi connectivity index (χ4v) is 2.36. The largest absolute Gasteiger partial charge is 0.368 e. The van der Waals surface area contributed by atoms with E-state index in [1.54, 1.807) is 24.3 Å². The Morgan fingerprint density at radius 3 is 2.60 bits per heavy atom. The van der Waals surface area contributed by atoms with Crippen LogP contribution in [0.1, 0.15) is 11.4 Å². The van der Waals surface area contributed by atoms with Crippen LogP contribution in [0.3, 0.4) is 0 Å².